The molecule has 0 radical (unpaired) electrons. The highest BCUT2D eigenvalue weighted by Crippen LogP contribution is 2.18. The third-order valence-corrected chi connectivity index (χ3v) is 3.13. The minimum Gasteiger partial charge on any atom is -0.468 e. The van der Waals surface area contributed by atoms with E-state index in [-0.39, 0.29) is 18.1 Å². The molecule has 3 heteroatoms. The van der Waals surface area contributed by atoms with Gasteiger partial charge in [-0.2, -0.15) is 0 Å². The lowest BCUT2D eigenvalue weighted by molar-refractivity contribution is -0.151. The Labute approximate surface area is 115 Å². The zero-order chi connectivity index (χ0) is 14.6. The Kier molecular flexibility index (Phi) is 5.28. The van der Waals surface area contributed by atoms with E-state index < -0.39 is 11.9 Å². The summed E-state index contributed by atoms with van der Waals surface area (Å²) >= 11 is 0. The highest BCUT2D eigenvalue weighted by Gasteiger charge is 2.30. The van der Waals surface area contributed by atoms with Crippen LogP contribution in [0, 0.1) is 25.7 Å². The average Bonchev–Trinajstić information content (AvgIpc) is 2.26. The second-order valence-corrected chi connectivity index (χ2v) is 5.38. The van der Waals surface area contributed by atoms with Crippen molar-refractivity contribution in [2.75, 3.05) is 7.11 Å². The molecule has 0 bridgehead atoms. The van der Waals surface area contributed by atoms with Crippen molar-refractivity contribution in [2.24, 2.45) is 11.8 Å². The molecular formula is C16H22O3. The maximum atomic E-state index is 12.3. The molecule has 0 spiro atoms. The molecule has 104 valence electrons. The molecule has 0 aromatic heterocycles. The van der Waals surface area contributed by atoms with Crippen molar-refractivity contribution in [3.8, 4) is 0 Å². The minimum atomic E-state index is -0.675. The van der Waals surface area contributed by atoms with Crippen LogP contribution in [-0.2, 0) is 20.7 Å². The molecule has 0 N–H and O–H groups in total. The van der Waals surface area contributed by atoms with Gasteiger partial charge in [-0.3, -0.25) is 9.59 Å². The molecule has 1 aromatic rings. The molecule has 0 aliphatic heterocycles. The Morgan fingerprint density at radius 2 is 1.63 bits per heavy atom. The first-order valence-corrected chi connectivity index (χ1v) is 6.53. The topological polar surface area (TPSA) is 43.4 Å². The molecule has 1 atom stereocenters. The summed E-state index contributed by atoms with van der Waals surface area (Å²) < 4.78 is 4.72. The molecular weight excluding hydrogens is 240 g/mol. The summed E-state index contributed by atoms with van der Waals surface area (Å²) in [5, 5.41) is 0. The second-order valence-electron chi connectivity index (χ2n) is 5.38. The summed E-state index contributed by atoms with van der Waals surface area (Å²) in [4.78, 5) is 24.0. The molecule has 1 rings (SSSR count). The van der Waals surface area contributed by atoms with Crippen LogP contribution in [0.5, 0.6) is 0 Å². The van der Waals surface area contributed by atoms with Gasteiger partial charge in [-0.25, -0.2) is 0 Å². The van der Waals surface area contributed by atoms with Crippen LogP contribution in [0.3, 0.4) is 0 Å². The second kappa shape index (κ2) is 6.50. The number of aryl methyl sites for hydroxylation is 2. The molecule has 0 aliphatic rings. The van der Waals surface area contributed by atoms with E-state index in [0.29, 0.717) is 0 Å². The first-order chi connectivity index (χ1) is 8.85. The lowest BCUT2D eigenvalue weighted by Crippen LogP contribution is -2.31. The van der Waals surface area contributed by atoms with Crippen molar-refractivity contribution >= 4 is 11.8 Å². The van der Waals surface area contributed by atoms with Crippen molar-refractivity contribution < 1.29 is 14.3 Å². The van der Waals surface area contributed by atoms with Crippen LogP contribution >= 0.6 is 0 Å². The van der Waals surface area contributed by atoms with Crippen LogP contribution in [0.4, 0.5) is 0 Å². The molecule has 0 amide bonds. The van der Waals surface area contributed by atoms with Gasteiger partial charge in [-0.05, 0) is 25.3 Å². The quantitative estimate of drug-likeness (QED) is 0.605. The van der Waals surface area contributed by atoms with Gasteiger partial charge >= 0.3 is 5.97 Å². The maximum absolute atomic E-state index is 12.3. The van der Waals surface area contributed by atoms with Crippen molar-refractivity contribution in [1.29, 1.82) is 0 Å². The van der Waals surface area contributed by atoms with Gasteiger partial charge in [0.05, 0.1) is 7.11 Å². The molecule has 0 aliphatic carbocycles. The van der Waals surface area contributed by atoms with Gasteiger partial charge in [0.2, 0.25) is 0 Å². The molecule has 19 heavy (non-hydrogen) atoms. The zero-order valence-corrected chi connectivity index (χ0v) is 12.3. The maximum Gasteiger partial charge on any atom is 0.316 e. The van der Waals surface area contributed by atoms with Crippen molar-refractivity contribution in [3.63, 3.8) is 0 Å². The minimum absolute atomic E-state index is 0.0501. The number of carbonyl (C=O) groups excluding carboxylic acids is 2. The fraction of sp³-hybridized carbons (Fsp3) is 0.500. The van der Waals surface area contributed by atoms with E-state index in [0.717, 1.165) is 16.7 Å². The summed E-state index contributed by atoms with van der Waals surface area (Å²) in [7, 11) is 1.32. The number of hydrogen-bond donors (Lipinski definition) is 0. The third kappa shape index (κ3) is 4.19. The van der Waals surface area contributed by atoms with Crippen LogP contribution in [0.15, 0.2) is 18.2 Å². The summed E-state index contributed by atoms with van der Waals surface area (Å²) in [6, 6.07) is 6.04. The Morgan fingerprint density at radius 1 is 1.11 bits per heavy atom. The Balaban J connectivity index is 2.90. The van der Waals surface area contributed by atoms with Crippen molar-refractivity contribution in [1.82, 2.24) is 0 Å². The first-order valence-electron chi connectivity index (χ1n) is 6.53. The summed E-state index contributed by atoms with van der Waals surface area (Å²) in [5.41, 5.74) is 3.21. The molecule has 3 nitrogen and oxygen atoms in total. The molecule has 0 heterocycles. The highest BCUT2D eigenvalue weighted by molar-refractivity contribution is 6.00. The molecule has 0 fully saturated rings. The number of rotatable bonds is 5. The van der Waals surface area contributed by atoms with Gasteiger partial charge in [-0.15, -0.1) is 0 Å². The number of Topliss-reactive ketones (excluding diaryl/α,β-unsaturated/α-hetero) is 1. The van der Waals surface area contributed by atoms with Crippen LogP contribution in [-0.4, -0.2) is 18.9 Å². The van der Waals surface area contributed by atoms with E-state index in [1.165, 1.54) is 7.11 Å². The fourth-order valence-electron chi connectivity index (χ4n) is 2.38. The van der Waals surface area contributed by atoms with Gasteiger partial charge in [-0.1, -0.05) is 43.2 Å². The van der Waals surface area contributed by atoms with Gasteiger partial charge < -0.3 is 4.74 Å². The van der Waals surface area contributed by atoms with Gasteiger partial charge in [0.25, 0.3) is 0 Å². The largest absolute Gasteiger partial charge is 0.468 e. The van der Waals surface area contributed by atoms with Crippen LogP contribution < -0.4 is 0 Å². The predicted molar refractivity (Wildman–Crippen MR) is 75.0 cm³/mol. The Morgan fingerprint density at radius 3 is 2.05 bits per heavy atom. The first kappa shape index (κ1) is 15.4. The molecule has 1 unspecified atom stereocenters. The smallest absolute Gasteiger partial charge is 0.316 e. The zero-order valence-electron chi connectivity index (χ0n) is 12.3. The van der Waals surface area contributed by atoms with E-state index in [9.17, 15) is 9.59 Å². The molecule has 0 saturated carbocycles. The molecule has 0 saturated heterocycles. The number of carbonyl (C=O) groups is 2. The third-order valence-electron chi connectivity index (χ3n) is 3.13. The monoisotopic (exact) mass is 262 g/mol. The number of hydrogen-bond acceptors (Lipinski definition) is 3. The van der Waals surface area contributed by atoms with Crippen molar-refractivity contribution in [2.45, 2.75) is 34.1 Å². The highest BCUT2D eigenvalue weighted by atomic mass is 16.5. The van der Waals surface area contributed by atoms with E-state index >= 15 is 0 Å². The summed E-state index contributed by atoms with van der Waals surface area (Å²) in [6.45, 7) is 7.73. The van der Waals surface area contributed by atoms with E-state index in [2.05, 4.69) is 6.07 Å². The van der Waals surface area contributed by atoms with Crippen LogP contribution in [0.1, 0.15) is 30.5 Å². The SMILES string of the molecule is COC(=O)C(C(=O)Cc1cc(C)cc(C)c1)C(C)C. The number of ether oxygens (including phenoxy) is 1. The summed E-state index contributed by atoms with van der Waals surface area (Å²) in [5.74, 6) is -1.24. The standard InChI is InChI=1S/C16H22O3/c1-10(2)15(16(18)19-5)14(17)9-13-7-11(3)6-12(4)8-13/h6-8,10,15H,9H2,1-5H3. The molecule has 1 aromatic carbocycles. The predicted octanol–water partition coefficient (Wildman–Crippen LogP) is 2.86. The normalized spacial score (nSPS) is 12.3. The summed E-state index contributed by atoms with van der Waals surface area (Å²) in [6.07, 6.45) is 0.278. The number of ketones is 1. The van der Waals surface area contributed by atoms with Crippen molar-refractivity contribution in [3.05, 3.63) is 34.9 Å². The fourth-order valence-corrected chi connectivity index (χ4v) is 2.38. The number of benzene rings is 1. The Bertz CT molecular complexity index is 455. The van der Waals surface area contributed by atoms with Gasteiger partial charge in [0.1, 0.15) is 5.92 Å². The van der Waals surface area contributed by atoms with E-state index in [1.54, 1.807) is 0 Å². The number of esters is 1. The van der Waals surface area contributed by atoms with Crippen LogP contribution in [0.25, 0.3) is 0 Å². The van der Waals surface area contributed by atoms with E-state index in [1.807, 2.05) is 39.8 Å². The number of methoxy groups -OCH3 is 1. The van der Waals surface area contributed by atoms with Crippen LogP contribution in [0.2, 0.25) is 0 Å². The Hall–Kier alpha value is -1.64. The van der Waals surface area contributed by atoms with E-state index in [4.69, 9.17) is 4.74 Å². The average molecular weight is 262 g/mol. The lowest BCUT2D eigenvalue weighted by Gasteiger charge is -2.17. The van der Waals surface area contributed by atoms with Gasteiger partial charge in [0.15, 0.2) is 5.78 Å². The van der Waals surface area contributed by atoms with Gasteiger partial charge in [0, 0.05) is 6.42 Å². The lowest BCUT2D eigenvalue weighted by atomic mass is 9.88.